The number of nitrogen functional groups attached to an aromatic ring is 1. The smallest absolute Gasteiger partial charge is 0.118 e. The van der Waals surface area contributed by atoms with Crippen molar-refractivity contribution in [2.45, 2.75) is 18.9 Å². The van der Waals surface area contributed by atoms with Crippen LogP contribution in [0.1, 0.15) is 11.1 Å². The standard InChI is InChI=1S/C15H18N2O2/c1-19-14-4-2-11(3-5-14)8-13(18)9-12-10-17-7-6-15(12)16/h2-7,10,13,18H,8-9H2,1H3,(H2,16,17). The van der Waals surface area contributed by atoms with Gasteiger partial charge in [0.05, 0.1) is 13.2 Å². The second kappa shape index (κ2) is 6.20. The molecule has 1 atom stereocenters. The van der Waals surface area contributed by atoms with Gasteiger partial charge >= 0.3 is 0 Å². The number of aliphatic hydroxyl groups excluding tert-OH is 1. The van der Waals surface area contributed by atoms with E-state index >= 15 is 0 Å². The van der Waals surface area contributed by atoms with E-state index in [0.29, 0.717) is 18.5 Å². The molecule has 0 aliphatic heterocycles. The Morgan fingerprint density at radius 2 is 1.95 bits per heavy atom. The number of hydrogen-bond donors (Lipinski definition) is 2. The largest absolute Gasteiger partial charge is 0.497 e. The molecule has 0 aliphatic carbocycles. The van der Waals surface area contributed by atoms with E-state index in [1.807, 2.05) is 24.3 Å². The number of nitrogens with zero attached hydrogens (tertiary/aromatic N) is 1. The molecule has 3 N–H and O–H groups in total. The third-order valence-corrected chi connectivity index (χ3v) is 3.03. The molecule has 0 spiro atoms. The van der Waals surface area contributed by atoms with E-state index in [0.717, 1.165) is 16.9 Å². The summed E-state index contributed by atoms with van der Waals surface area (Å²) in [4.78, 5) is 4.02. The Bertz CT molecular complexity index is 526. The summed E-state index contributed by atoms with van der Waals surface area (Å²) in [5, 5.41) is 10.1. The van der Waals surface area contributed by atoms with Crippen molar-refractivity contribution in [2.24, 2.45) is 0 Å². The summed E-state index contributed by atoms with van der Waals surface area (Å²) in [5.74, 6) is 0.815. The van der Waals surface area contributed by atoms with Gasteiger partial charge in [-0.1, -0.05) is 12.1 Å². The molecule has 1 aromatic carbocycles. The average molecular weight is 258 g/mol. The molecule has 4 heteroatoms. The number of hydrogen-bond acceptors (Lipinski definition) is 4. The summed E-state index contributed by atoms with van der Waals surface area (Å²) in [6, 6.07) is 9.43. The Kier molecular flexibility index (Phi) is 4.36. The summed E-state index contributed by atoms with van der Waals surface area (Å²) < 4.78 is 5.10. The molecule has 2 aromatic rings. The van der Waals surface area contributed by atoms with Gasteiger partial charge < -0.3 is 15.6 Å². The van der Waals surface area contributed by atoms with Gasteiger partial charge in [0.2, 0.25) is 0 Å². The van der Waals surface area contributed by atoms with Crippen molar-refractivity contribution in [3.05, 3.63) is 53.9 Å². The van der Waals surface area contributed by atoms with Crippen molar-refractivity contribution in [1.29, 1.82) is 0 Å². The maximum Gasteiger partial charge on any atom is 0.118 e. The molecule has 100 valence electrons. The molecule has 0 bridgehead atoms. The Morgan fingerprint density at radius 1 is 1.21 bits per heavy atom. The number of rotatable bonds is 5. The van der Waals surface area contributed by atoms with Crippen LogP contribution in [0.5, 0.6) is 5.75 Å². The Balaban J connectivity index is 1.97. The highest BCUT2D eigenvalue weighted by molar-refractivity contribution is 5.44. The molecular weight excluding hydrogens is 240 g/mol. The average Bonchev–Trinajstić information content (AvgIpc) is 2.42. The number of nitrogens with two attached hydrogens (primary N) is 1. The lowest BCUT2D eigenvalue weighted by molar-refractivity contribution is 0.175. The number of methoxy groups -OCH3 is 1. The zero-order valence-corrected chi connectivity index (χ0v) is 10.9. The quantitative estimate of drug-likeness (QED) is 0.858. The second-order valence-electron chi connectivity index (χ2n) is 4.48. The number of ether oxygens (including phenoxy) is 1. The minimum absolute atomic E-state index is 0.472. The van der Waals surface area contributed by atoms with Gasteiger partial charge in [-0.25, -0.2) is 0 Å². The van der Waals surface area contributed by atoms with Crippen molar-refractivity contribution in [2.75, 3.05) is 12.8 Å². The zero-order chi connectivity index (χ0) is 13.7. The fourth-order valence-corrected chi connectivity index (χ4v) is 1.97. The second-order valence-corrected chi connectivity index (χ2v) is 4.48. The maximum atomic E-state index is 10.1. The van der Waals surface area contributed by atoms with E-state index in [9.17, 15) is 5.11 Å². The van der Waals surface area contributed by atoms with Gasteiger partial charge in [0.1, 0.15) is 5.75 Å². The summed E-state index contributed by atoms with van der Waals surface area (Å²) in [6.07, 6.45) is 3.96. The predicted octanol–water partition coefficient (Wildman–Crippen LogP) is 1.82. The van der Waals surface area contributed by atoms with Gasteiger partial charge in [-0.2, -0.15) is 0 Å². The molecule has 4 nitrogen and oxygen atoms in total. The molecule has 0 amide bonds. The van der Waals surface area contributed by atoms with Crippen LogP contribution in [0.25, 0.3) is 0 Å². The lowest BCUT2D eigenvalue weighted by Crippen LogP contribution is -2.15. The van der Waals surface area contributed by atoms with Gasteiger partial charge in [0, 0.05) is 24.5 Å². The molecule has 1 heterocycles. The van der Waals surface area contributed by atoms with Crippen molar-refractivity contribution in [1.82, 2.24) is 4.98 Å². The van der Waals surface area contributed by atoms with Crippen molar-refractivity contribution in [3.8, 4) is 5.75 Å². The number of pyridine rings is 1. The van der Waals surface area contributed by atoms with Crippen LogP contribution in [-0.4, -0.2) is 23.3 Å². The fraction of sp³-hybridized carbons (Fsp3) is 0.267. The Morgan fingerprint density at radius 3 is 2.58 bits per heavy atom. The van der Waals surface area contributed by atoms with Crippen LogP contribution in [0.4, 0.5) is 5.69 Å². The van der Waals surface area contributed by atoms with Gasteiger partial charge in [0.15, 0.2) is 0 Å². The normalized spacial score (nSPS) is 12.1. The highest BCUT2D eigenvalue weighted by atomic mass is 16.5. The first-order valence-electron chi connectivity index (χ1n) is 6.18. The van der Waals surface area contributed by atoms with Crippen LogP contribution in [0.15, 0.2) is 42.7 Å². The zero-order valence-electron chi connectivity index (χ0n) is 10.9. The number of benzene rings is 1. The molecule has 1 aromatic heterocycles. The molecule has 0 saturated carbocycles. The first-order valence-corrected chi connectivity index (χ1v) is 6.18. The molecule has 2 rings (SSSR count). The van der Waals surface area contributed by atoms with Crippen molar-refractivity contribution < 1.29 is 9.84 Å². The highest BCUT2D eigenvalue weighted by Crippen LogP contribution is 2.16. The predicted molar refractivity (Wildman–Crippen MR) is 75.1 cm³/mol. The number of anilines is 1. The van der Waals surface area contributed by atoms with Crippen molar-refractivity contribution >= 4 is 5.69 Å². The third kappa shape index (κ3) is 3.69. The molecule has 1 unspecified atom stereocenters. The fourth-order valence-electron chi connectivity index (χ4n) is 1.97. The van der Waals surface area contributed by atoms with Crippen LogP contribution < -0.4 is 10.5 Å². The van der Waals surface area contributed by atoms with Crippen LogP contribution in [-0.2, 0) is 12.8 Å². The SMILES string of the molecule is COc1ccc(CC(O)Cc2cnccc2N)cc1. The number of aliphatic hydroxyl groups is 1. The van der Waals surface area contributed by atoms with E-state index in [1.54, 1.807) is 25.6 Å². The van der Waals surface area contributed by atoms with Crippen LogP contribution >= 0.6 is 0 Å². The highest BCUT2D eigenvalue weighted by Gasteiger charge is 2.09. The van der Waals surface area contributed by atoms with E-state index in [1.165, 1.54) is 0 Å². The summed E-state index contributed by atoms with van der Waals surface area (Å²) >= 11 is 0. The number of aromatic nitrogens is 1. The molecule has 0 aliphatic rings. The minimum Gasteiger partial charge on any atom is -0.497 e. The maximum absolute atomic E-state index is 10.1. The van der Waals surface area contributed by atoms with E-state index < -0.39 is 6.10 Å². The van der Waals surface area contributed by atoms with E-state index in [2.05, 4.69) is 4.98 Å². The van der Waals surface area contributed by atoms with Gasteiger partial charge in [0.25, 0.3) is 0 Å². The Labute approximate surface area is 112 Å². The first-order chi connectivity index (χ1) is 9.19. The van der Waals surface area contributed by atoms with Crippen LogP contribution in [0.3, 0.4) is 0 Å². The molecule has 0 radical (unpaired) electrons. The van der Waals surface area contributed by atoms with Crippen LogP contribution in [0, 0.1) is 0 Å². The van der Waals surface area contributed by atoms with E-state index in [-0.39, 0.29) is 0 Å². The van der Waals surface area contributed by atoms with Crippen molar-refractivity contribution in [3.63, 3.8) is 0 Å². The van der Waals surface area contributed by atoms with Gasteiger partial charge in [-0.3, -0.25) is 4.98 Å². The first kappa shape index (κ1) is 13.4. The van der Waals surface area contributed by atoms with Crippen LogP contribution in [0.2, 0.25) is 0 Å². The third-order valence-electron chi connectivity index (χ3n) is 3.03. The molecule has 19 heavy (non-hydrogen) atoms. The van der Waals surface area contributed by atoms with Gasteiger partial charge in [-0.05, 0) is 35.7 Å². The molecule has 0 fully saturated rings. The Hall–Kier alpha value is -2.07. The lowest BCUT2D eigenvalue weighted by atomic mass is 10.0. The summed E-state index contributed by atoms with van der Waals surface area (Å²) in [6.45, 7) is 0. The van der Waals surface area contributed by atoms with Gasteiger partial charge in [-0.15, -0.1) is 0 Å². The monoisotopic (exact) mass is 258 g/mol. The minimum atomic E-state index is -0.472. The summed E-state index contributed by atoms with van der Waals surface area (Å²) in [5.41, 5.74) is 8.45. The molecular formula is C15H18N2O2. The lowest BCUT2D eigenvalue weighted by Gasteiger charge is -2.12. The molecule has 0 saturated heterocycles. The topological polar surface area (TPSA) is 68.4 Å². The van der Waals surface area contributed by atoms with E-state index in [4.69, 9.17) is 10.5 Å². The summed E-state index contributed by atoms with van der Waals surface area (Å²) in [7, 11) is 1.63.